The van der Waals surface area contributed by atoms with E-state index in [2.05, 4.69) is 48.9 Å². The summed E-state index contributed by atoms with van der Waals surface area (Å²) in [4.78, 5) is 20.4. The molecule has 0 aromatic rings. The van der Waals surface area contributed by atoms with Crippen molar-refractivity contribution >= 4 is 11.9 Å². The molecule has 170 valence electrons. The zero-order valence-corrected chi connectivity index (χ0v) is 16.8. The minimum absolute atomic E-state index is 0.0470. The van der Waals surface area contributed by atoms with E-state index < -0.39 is 37.5 Å². The summed E-state index contributed by atoms with van der Waals surface area (Å²) in [7, 11) is 0. The van der Waals surface area contributed by atoms with Crippen LogP contribution in [0.5, 0.6) is 0 Å². The second kappa shape index (κ2) is 23.3. The van der Waals surface area contributed by atoms with Gasteiger partial charge in [-0.25, -0.2) is 9.59 Å². The van der Waals surface area contributed by atoms with Crippen molar-refractivity contribution in [1.82, 2.24) is 0 Å². The molecule has 0 saturated carbocycles. The molecule has 0 aromatic heterocycles. The maximum atomic E-state index is 11.4. The van der Waals surface area contributed by atoms with Crippen molar-refractivity contribution in [3.05, 3.63) is 63.3 Å². The van der Waals surface area contributed by atoms with E-state index in [9.17, 15) is 35.9 Å². The Hall–Kier alpha value is -2.78. The summed E-state index contributed by atoms with van der Waals surface area (Å²) in [5.74, 6) is -2.10. The smallest absolute Gasteiger partial charge is 0.422 e. The zero-order valence-electron chi connectivity index (χ0n) is 16.8. The van der Waals surface area contributed by atoms with Crippen molar-refractivity contribution in [3.8, 4) is 0 Å². The fraction of sp³-hybridized carbons (Fsp3) is 0.368. The molecule has 0 aromatic carbocycles. The van der Waals surface area contributed by atoms with Gasteiger partial charge in [-0.05, 0) is 20.8 Å². The van der Waals surface area contributed by atoms with Gasteiger partial charge in [0.05, 0.1) is 0 Å². The van der Waals surface area contributed by atoms with E-state index in [0.29, 0.717) is 6.08 Å². The predicted molar refractivity (Wildman–Crippen MR) is 102 cm³/mol. The molecule has 0 atom stereocenters. The van der Waals surface area contributed by atoms with Gasteiger partial charge in [0.15, 0.2) is 13.2 Å². The molecule has 0 aliphatic carbocycles. The van der Waals surface area contributed by atoms with Crippen molar-refractivity contribution in [2.24, 2.45) is 0 Å². The minimum atomic E-state index is -4.47. The number of hydrogen-bond acceptors (Lipinski definition) is 4. The molecule has 0 amide bonds. The first-order chi connectivity index (χ1) is 13.1. The number of alkyl halides is 6. The molecular weight excluding hydrogens is 406 g/mol. The van der Waals surface area contributed by atoms with E-state index in [4.69, 9.17) is 0 Å². The maximum Gasteiger partial charge on any atom is 0.422 e. The van der Waals surface area contributed by atoms with Crippen LogP contribution in [0.1, 0.15) is 20.8 Å². The summed E-state index contributed by atoms with van der Waals surface area (Å²) in [5.41, 5.74) is -0.0470. The number of carbonyl (C=O) groups excluding carboxylic acids is 2. The molecule has 0 radical (unpaired) electrons. The number of ether oxygens (including phenoxy) is 2. The lowest BCUT2D eigenvalue weighted by atomic mass is 10.4. The van der Waals surface area contributed by atoms with Crippen LogP contribution in [0, 0.1) is 0 Å². The number of allylic oxidation sites excluding steroid dienone is 2. The highest BCUT2D eigenvalue weighted by Crippen LogP contribution is 2.15. The summed E-state index contributed by atoms with van der Waals surface area (Å²) in [6.45, 7) is 20.7. The summed E-state index contributed by atoms with van der Waals surface area (Å²) in [6, 6.07) is 0. The third-order valence-corrected chi connectivity index (χ3v) is 1.26. The molecule has 0 aliphatic heterocycles. The van der Waals surface area contributed by atoms with Crippen molar-refractivity contribution < 1.29 is 45.4 Å². The van der Waals surface area contributed by atoms with Crippen LogP contribution < -0.4 is 0 Å². The molecule has 10 heteroatoms. The van der Waals surface area contributed by atoms with E-state index in [1.807, 2.05) is 13.8 Å². The van der Waals surface area contributed by atoms with Gasteiger partial charge in [0, 0.05) is 11.6 Å². The third-order valence-electron chi connectivity index (χ3n) is 1.26. The van der Waals surface area contributed by atoms with Gasteiger partial charge >= 0.3 is 24.3 Å². The van der Waals surface area contributed by atoms with E-state index >= 15 is 0 Å². The molecule has 0 fully saturated rings. The van der Waals surface area contributed by atoms with E-state index in [-0.39, 0.29) is 5.57 Å². The van der Waals surface area contributed by atoms with Crippen LogP contribution in [0.15, 0.2) is 63.3 Å². The first kappa shape index (κ1) is 37.0. The molecule has 0 N–H and O–H groups in total. The first-order valence-corrected chi connectivity index (χ1v) is 7.51. The van der Waals surface area contributed by atoms with Gasteiger partial charge in [0.25, 0.3) is 0 Å². The van der Waals surface area contributed by atoms with Gasteiger partial charge in [0.1, 0.15) is 0 Å². The van der Waals surface area contributed by atoms with E-state index in [0.717, 1.165) is 0 Å². The Labute approximate surface area is 167 Å². The number of hydrogen-bond donors (Lipinski definition) is 0. The van der Waals surface area contributed by atoms with Crippen molar-refractivity contribution in [2.45, 2.75) is 33.1 Å². The Morgan fingerprint density at radius 2 is 1.10 bits per heavy atom. The number of carbonyl (C=O) groups is 2. The van der Waals surface area contributed by atoms with Gasteiger partial charge in [-0.2, -0.15) is 26.3 Å². The highest BCUT2D eigenvalue weighted by Gasteiger charge is 2.29. The molecule has 0 rings (SSSR count). The first-order valence-electron chi connectivity index (χ1n) is 7.51. The minimum Gasteiger partial charge on any atom is -0.453 e. The van der Waals surface area contributed by atoms with Gasteiger partial charge in [-0.3, -0.25) is 0 Å². The third kappa shape index (κ3) is 58.7. The predicted octanol–water partition coefficient (Wildman–Crippen LogP) is 6.13. The summed E-state index contributed by atoms with van der Waals surface area (Å²) < 4.78 is 75.3. The Morgan fingerprint density at radius 3 is 1.31 bits per heavy atom. The van der Waals surface area contributed by atoms with Crippen LogP contribution in [0.3, 0.4) is 0 Å². The Balaban J connectivity index is -0.0000000976. The van der Waals surface area contributed by atoms with Crippen LogP contribution in [0.25, 0.3) is 0 Å². The van der Waals surface area contributed by atoms with Crippen molar-refractivity contribution in [2.75, 3.05) is 13.2 Å². The number of esters is 2. The van der Waals surface area contributed by atoms with Crippen LogP contribution in [-0.4, -0.2) is 37.5 Å². The topological polar surface area (TPSA) is 52.6 Å². The summed E-state index contributed by atoms with van der Waals surface area (Å²) >= 11 is 0. The van der Waals surface area contributed by atoms with Crippen LogP contribution in [-0.2, 0) is 19.1 Å². The van der Waals surface area contributed by atoms with Crippen LogP contribution in [0.4, 0.5) is 26.3 Å². The molecular formula is C19H28F6O4. The van der Waals surface area contributed by atoms with Gasteiger partial charge in [-0.1, -0.05) is 25.3 Å². The van der Waals surface area contributed by atoms with Gasteiger partial charge < -0.3 is 9.47 Å². The second-order valence-electron chi connectivity index (χ2n) is 4.22. The largest absolute Gasteiger partial charge is 0.453 e. The van der Waals surface area contributed by atoms with E-state index in [1.165, 1.54) is 6.92 Å². The standard InChI is InChI=1S/C6H7F3O2.C5H5F3O2.2C3H6.C2H4/c1-4(2)5(10)11-3-6(7,8)9;1-2-4(9)10-3-5(6,7)8;2*1-3-2;1-2/h1,3H2,2H3;2H,1,3H2;2*3H,1H2,2H3;1-2H2. The SMILES string of the molecule is C=C.C=C(C)C(=O)OCC(F)(F)F.C=CC.C=CC.C=CC(=O)OCC(F)(F)F. The lowest BCUT2D eigenvalue weighted by Gasteiger charge is -2.06. The Morgan fingerprint density at radius 1 is 0.828 bits per heavy atom. The Bertz CT molecular complexity index is 474. The molecule has 0 spiro atoms. The molecule has 0 heterocycles. The average Bonchev–Trinajstić information content (AvgIpc) is 2.60. The number of rotatable bonds is 4. The second-order valence-corrected chi connectivity index (χ2v) is 4.22. The monoisotopic (exact) mass is 434 g/mol. The molecule has 0 unspecified atom stereocenters. The highest BCUT2D eigenvalue weighted by atomic mass is 19.4. The Kier molecular flexibility index (Phi) is 29.7. The van der Waals surface area contributed by atoms with Crippen LogP contribution >= 0.6 is 0 Å². The normalized spacial score (nSPS) is 8.86. The highest BCUT2D eigenvalue weighted by molar-refractivity contribution is 5.86. The quantitative estimate of drug-likeness (QED) is 0.231. The van der Waals surface area contributed by atoms with Crippen LogP contribution in [0.2, 0.25) is 0 Å². The fourth-order valence-corrected chi connectivity index (χ4v) is 0.482. The molecule has 0 aliphatic rings. The zero-order chi connectivity index (χ0) is 24.7. The van der Waals surface area contributed by atoms with Crippen molar-refractivity contribution in [3.63, 3.8) is 0 Å². The van der Waals surface area contributed by atoms with Gasteiger partial charge in [0.2, 0.25) is 0 Å². The summed E-state index contributed by atoms with van der Waals surface area (Å²) in [6.07, 6.45) is -4.75. The lowest BCUT2D eigenvalue weighted by Crippen LogP contribution is -2.20. The van der Waals surface area contributed by atoms with E-state index in [1.54, 1.807) is 12.2 Å². The summed E-state index contributed by atoms with van der Waals surface area (Å²) in [5, 5.41) is 0. The lowest BCUT2D eigenvalue weighted by molar-refractivity contribution is -0.183. The molecule has 29 heavy (non-hydrogen) atoms. The fourth-order valence-electron chi connectivity index (χ4n) is 0.482. The molecule has 0 saturated heterocycles. The molecule has 0 bridgehead atoms. The molecule has 4 nitrogen and oxygen atoms in total. The maximum absolute atomic E-state index is 11.4. The average molecular weight is 434 g/mol. The number of halogens is 6. The van der Waals surface area contributed by atoms with Gasteiger partial charge in [-0.15, -0.1) is 26.3 Å². The van der Waals surface area contributed by atoms with Crippen molar-refractivity contribution in [1.29, 1.82) is 0 Å².